The summed E-state index contributed by atoms with van der Waals surface area (Å²) in [5, 5.41) is 12.6. The Morgan fingerprint density at radius 3 is 2.50 bits per heavy atom. The standard InChI is InChI=1S/C17H30N2O/c1-4-10-17(2,14-18-3)15-19(11-12-20)13-16-8-6-5-7-9-16/h5-9,18,20H,4,10-15H2,1-3H3. The molecule has 0 aromatic heterocycles. The number of benzene rings is 1. The highest BCUT2D eigenvalue weighted by Crippen LogP contribution is 2.24. The largest absolute Gasteiger partial charge is 0.395 e. The molecule has 1 unspecified atom stereocenters. The maximum absolute atomic E-state index is 9.31. The third-order valence-corrected chi connectivity index (χ3v) is 3.73. The molecule has 3 nitrogen and oxygen atoms in total. The Morgan fingerprint density at radius 1 is 1.25 bits per heavy atom. The first kappa shape index (κ1) is 17.2. The van der Waals surface area contributed by atoms with Gasteiger partial charge in [0.1, 0.15) is 0 Å². The lowest BCUT2D eigenvalue weighted by Crippen LogP contribution is -2.42. The number of nitrogens with zero attached hydrogens (tertiary/aromatic N) is 1. The van der Waals surface area contributed by atoms with E-state index in [1.165, 1.54) is 18.4 Å². The first-order valence-electron chi connectivity index (χ1n) is 7.65. The van der Waals surface area contributed by atoms with Crippen LogP contribution in [0.2, 0.25) is 0 Å². The van der Waals surface area contributed by atoms with Crippen LogP contribution < -0.4 is 5.32 Å². The summed E-state index contributed by atoms with van der Waals surface area (Å²) in [6.07, 6.45) is 2.39. The van der Waals surface area contributed by atoms with Gasteiger partial charge in [0.15, 0.2) is 0 Å². The van der Waals surface area contributed by atoms with E-state index in [4.69, 9.17) is 0 Å². The monoisotopic (exact) mass is 278 g/mol. The van der Waals surface area contributed by atoms with Gasteiger partial charge in [-0.1, -0.05) is 50.6 Å². The number of nitrogens with one attached hydrogen (secondary N) is 1. The molecule has 0 bridgehead atoms. The molecule has 0 fully saturated rings. The zero-order valence-electron chi connectivity index (χ0n) is 13.2. The van der Waals surface area contributed by atoms with Gasteiger partial charge in [0, 0.05) is 26.2 Å². The van der Waals surface area contributed by atoms with E-state index in [2.05, 4.69) is 48.3 Å². The van der Waals surface area contributed by atoms with Crippen LogP contribution in [0.1, 0.15) is 32.3 Å². The van der Waals surface area contributed by atoms with Crippen molar-refractivity contribution in [2.75, 3.05) is 33.3 Å². The van der Waals surface area contributed by atoms with E-state index in [1.54, 1.807) is 0 Å². The Hall–Kier alpha value is -0.900. The van der Waals surface area contributed by atoms with Crippen LogP contribution in [0.5, 0.6) is 0 Å². The van der Waals surface area contributed by atoms with E-state index in [9.17, 15) is 5.11 Å². The molecule has 0 saturated heterocycles. The predicted octanol–water partition coefficient (Wildman–Crippen LogP) is 2.51. The van der Waals surface area contributed by atoms with Gasteiger partial charge in [-0.25, -0.2) is 0 Å². The Balaban J connectivity index is 2.69. The summed E-state index contributed by atoms with van der Waals surface area (Å²) >= 11 is 0. The quantitative estimate of drug-likeness (QED) is 0.690. The highest BCUT2D eigenvalue weighted by molar-refractivity contribution is 5.14. The molecule has 0 heterocycles. The molecule has 0 radical (unpaired) electrons. The van der Waals surface area contributed by atoms with E-state index in [0.29, 0.717) is 0 Å². The van der Waals surface area contributed by atoms with Crippen molar-refractivity contribution < 1.29 is 5.11 Å². The van der Waals surface area contributed by atoms with Gasteiger partial charge in [-0.15, -0.1) is 0 Å². The minimum absolute atomic E-state index is 0.217. The topological polar surface area (TPSA) is 35.5 Å². The van der Waals surface area contributed by atoms with Crippen LogP contribution >= 0.6 is 0 Å². The van der Waals surface area contributed by atoms with Gasteiger partial charge >= 0.3 is 0 Å². The molecule has 1 aromatic rings. The summed E-state index contributed by atoms with van der Waals surface area (Å²) in [7, 11) is 2.02. The van der Waals surface area contributed by atoms with Crippen molar-refractivity contribution in [2.45, 2.75) is 33.2 Å². The summed E-state index contributed by atoms with van der Waals surface area (Å²) in [6.45, 7) is 8.45. The second kappa shape index (κ2) is 9.11. The van der Waals surface area contributed by atoms with Crippen molar-refractivity contribution in [1.82, 2.24) is 10.2 Å². The van der Waals surface area contributed by atoms with Crippen molar-refractivity contribution in [1.29, 1.82) is 0 Å². The molecule has 0 spiro atoms. The van der Waals surface area contributed by atoms with Gasteiger partial charge in [-0.05, 0) is 24.4 Å². The fourth-order valence-corrected chi connectivity index (χ4v) is 2.99. The minimum atomic E-state index is 0.217. The van der Waals surface area contributed by atoms with Gasteiger partial charge in [0.25, 0.3) is 0 Å². The molecule has 0 aliphatic rings. The van der Waals surface area contributed by atoms with Gasteiger partial charge in [-0.3, -0.25) is 4.90 Å². The maximum Gasteiger partial charge on any atom is 0.0558 e. The fraction of sp³-hybridized carbons (Fsp3) is 0.647. The van der Waals surface area contributed by atoms with Gasteiger partial charge in [-0.2, -0.15) is 0 Å². The maximum atomic E-state index is 9.31. The fourth-order valence-electron chi connectivity index (χ4n) is 2.99. The van der Waals surface area contributed by atoms with E-state index < -0.39 is 0 Å². The number of hydrogen-bond donors (Lipinski definition) is 2. The van der Waals surface area contributed by atoms with Gasteiger partial charge in [0.05, 0.1) is 6.61 Å². The van der Waals surface area contributed by atoms with E-state index in [0.717, 1.165) is 26.2 Å². The van der Waals surface area contributed by atoms with Crippen molar-refractivity contribution in [3.8, 4) is 0 Å². The average molecular weight is 278 g/mol. The summed E-state index contributed by atoms with van der Waals surface area (Å²) in [4.78, 5) is 2.36. The third-order valence-electron chi connectivity index (χ3n) is 3.73. The molecule has 0 aliphatic carbocycles. The molecule has 1 rings (SSSR count). The molecule has 0 amide bonds. The Bertz CT molecular complexity index is 347. The number of rotatable bonds is 10. The Kier molecular flexibility index (Phi) is 7.82. The van der Waals surface area contributed by atoms with Gasteiger partial charge < -0.3 is 10.4 Å². The zero-order chi connectivity index (χ0) is 14.8. The molecule has 0 aliphatic heterocycles. The van der Waals surface area contributed by atoms with Crippen molar-refractivity contribution in [2.24, 2.45) is 5.41 Å². The molecule has 2 N–H and O–H groups in total. The highest BCUT2D eigenvalue weighted by Gasteiger charge is 2.25. The normalized spacial score (nSPS) is 14.4. The van der Waals surface area contributed by atoms with Crippen LogP contribution in [-0.2, 0) is 6.54 Å². The average Bonchev–Trinajstić information content (AvgIpc) is 2.40. The lowest BCUT2D eigenvalue weighted by atomic mass is 9.84. The van der Waals surface area contributed by atoms with Crippen molar-refractivity contribution in [3.63, 3.8) is 0 Å². The van der Waals surface area contributed by atoms with Crippen LogP contribution in [-0.4, -0.2) is 43.3 Å². The van der Waals surface area contributed by atoms with Crippen LogP contribution in [0, 0.1) is 5.41 Å². The first-order chi connectivity index (χ1) is 9.63. The minimum Gasteiger partial charge on any atom is -0.395 e. The van der Waals surface area contributed by atoms with E-state index in [-0.39, 0.29) is 12.0 Å². The van der Waals surface area contributed by atoms with Crippen LogP contribution in [0.15, 0.2) is 30.3 Å². The highest BCUT2D eigenvalue weighted by atomic mass is 16.3. The summed E-state index contributed by atoms with van der Waals surface area (Å²) < 4.78 is 0. The Labute approximate surface area is 124 Å². The SMILES string of the molecule is CCCC(C)(CNC)CN(CCO)Cc1ccccc1. The van der Waals surface area contributed by atoms with Crippen molar-refractivity contribution >= 4 is 0 Å². The van der Waals surface area contributed by atoms with E-state index >= 15 is 0 Å². The molecule has 0 saturated carbocycles. The summed E-state index contributed by atoms with van der Waals surface area (Å²) in [5.41, 5.74) is 1.57. The molecule has 114 valence electrons. The molecule has 20 heavy (non-hydrogen) atoms. The third kappa shape index (κ3) is 6.04. The zero-order valence-corrected chi connectivity index (χ0v) is 13.2. The summed E-state index contributed by atoms with van der Waals surface area (Å²) in [6, 6.07) is 10.5. The second-order valence-electron chi connectivity index (χ2n) is 6.01. The molecular formula is C17H30N2O. The van der Waals surface area contributed by atoms with Gasteiger partial charge in [0.2, 0.25) is 0 Å². The lowest BCUT2D eigenvalue weighted by molar-refractivity contribution is 0.121. The second-order valence-corrected chi connectivity index (χ2v) is 6.01. The molecular weight excluding hydrogens is 248 g/mol. The lowest BCUT2D eigenvalue weighted by Gasteiger charge is -2.35. The first-order valence-corrected chi connectivity index (χ1v) is 7.65. The van der Waals surface area contributed by atoms with Crippen molar-refractivity contribution in [3.05, 3.63) is 35.9 Å². The van der Waals surface area contributed by atoms with E-state index in [1.807, 2.05) is 13.1 Å². The number of aliphatic hydroxyl groups excluding tert-OH is 1. The molecule has 1 aromatic carbocycles. The summed E-state index contributed by atoms with van der Waals surface area (Å²) in [5.74, 6) is 0. The predicted molar refractivity (Wildman–Crippen MR) is 85.7 cm³/mol. The van der Waals surface area contributed by atoms with Crippen LogP contribution in [0.25, 0.3) is 0 Å². The van der Waals surface area contributed by atoms with Crippen LogP contribution in [0.3, 0.4) is 0 Å². The molecule has 3 heteroatoms. The number of hydrogen-bond acceptors (Lipinski definition) is 3. The molecule has 1 atom stereocenters. The number of aliphatic hydroxyl groups is 1. The Morgan fingerprint density at radius 2 is 1.95 bits per heavy atom. The van der Waals surface area contributed by atoms with Crippen LogP contribution in [0.4, 0.5) is 0 Å². The smallest absolute Gasteiger partial charge is 0.0558 e.